The number of likely N-dealkylation sites (N-methyl/N-ethyl adjacent to an activating group) is 1. The van der Waals surface area contributed by atoms with Crippen LogP contribution in [0.2, 0.25) is 5.02 Å². The predicted octanol–water partition coefficient (Wildman–Crippen LogP) is 4.70. The van der Waals surface area contributed by atoms with Gasteiger partial charge in [-0.05, 0) is 23.1 Å². The predicted molar refractivity (Wildman–Crippen MR) is 131 cm³/mol. The third-order valence-electron chi connectivity index (χ3n) is 5.15. The van der Waals surface area contributed by atoms with Crippen molar-refractivity contribution in [3.63, 3.8) is 0 Å². The van der Waals surface area contributed by atoms with E-state index in [0.717, 1.165) is 22.4 Å². The zero-order valence-electron chi connectivity index (χ0n) is 18.1. The first-order chi connectivity index (χ1) is 16.0. The number of nitrogens with zero attached hydrogens (tertiary/aromatic N) is 3. The molecule has 2 amide bonds. The average Bonchev–Trinajstić information content (AvgIpc) is 3.50. The lowest BCUT2D eigenvalue weighted by atomic mass is 10.1. The number of carbonyl (C=O) groups is 2. The van der Waals surface area contributed by atoms with Gasteiger partial charge in [-0.1, -0.05) is 66.2 Å². The number of amides is 2. The lowest BCUT2D eigenvalue weighted by molar-refractivity contribution is -0.129. The van der Waals surface area contributed by atoms with Gasteiger partial charge >= 0.3 is 0 Å². The van der Waals surface area contributed by atoms with Crippen molar-refractivity contribution in [2.24, 2.45) is 0 Å². The van der Waals surface area contributed by atoms with Crippen LogP contribution >= 0.6 is 22.9 Å². The van der Waals surface area contributed by atoms with Crippen LogP contribution in [0.15, 0.2) is 78.3 Å². The standard InChI is InChI=1S/C25H23ClN4O2S/c1-29(23(31)14-27-25(32)22-12-7-13-33-22)15-20-17-30(16-19-10-5-6-11-21(19)26)28-24(20)18-8-3-2-4-9-18/h2-13,17H,14-16H2,1H3,(H,27,32). The molecule has 0 aliphatic heterocycles. The summed E-state index contributed by atoms with van der Waals surface area (Å²) in [5.41, 5.74) is 3.66. The highest BCUT2D eigenvalue weighted by Gasteiger charge is 2.17. The summed E-state index contributed by atoms with van der Waals surface area (Å²) in [6.45, 7) is 0.816. The summed E-state index contributed by atoms with van der Waals surface area (Å²) in [5, 5.41) is 9.99. The number of carbonyl (C=O) groups excluding carboxylic acids is 2. The normalized spacial score (nSPS) is 10.7. The van der Waals surface area contributed by atoms with E-state index < -0.39 is 0 Å². The van der Waals surface area contributed by atoms with Crippen molar-refractivity contribution in [2.75, 3.05) is 13.6 Å². The Hall–Kier alpha value is -3.42. The minimum atomic E-state index is -0.246. The van der Waals surface area contributed by atoms with Crippen molar-refractivity contribution in [1.82, 2.24) is 20.0 Å². The van der Waals surface area contributed by atoms with Crippen LogP contribution in [0.4, 0.5) is 0 Å². The van der Waals surface area contributed by atoms with Crippen molar-refractivity contribution in [3.8, 4) is 11.3 Å². The third kappa shape index (κ3) is 5.69. The fourth-order valence-corrected chi connectivity index (χ4v) is 4.26. The number of rotatable bonds is 8. The summed E-state index contributed by atoms with van der Waals surface area (Å²) in [7, 11) is 1.72. The van der Waals surface area contributed by atoms with Gasteiger partial charge in [0, 0.05) is 35.9 Å². The molecule has 0 saturated carbocycles. The largest absolute Gasteiger partial charge is 0.342 e. The molecule has 0 aliphatic rings. The Morgan fingerprint density at radius 3 is 2.52 bits per heavy atom. The summed E-state index contributed by atoms with van der Waals surface area (Å²) < 4.78 is 1.84. The first-order valence-electron chi connectivity index (χ1n) is 10.4. The SMILES string of the molecule is CN(Cc1cn(Cc2ccccc2Cl)nc1-c1ccccc1)C(=O)CNC(=O)c1cccs1. The van der Waals surface area contributed by atoms with Crippen molar-refractivity contribution in [1.29, 1.82) is 0 Å². The second kappa shape index (κ2) is 10.5. The highest BCUT2D eigenvalue weighted by atomic mass is 35.5. The maximum Gasteiger partial charge on any atom is 0.261 e. The Morgan fingerprint density at radius 2 is 1.79 bits per heavy atom. The second-order valence-corrected chi connectivity index (χ2v) is 8.92. The molecule has 4 rings (SSSR count). The average molecular weight is 479 g/mol. The highest BCUT2D eigenvalue weighted by Crippen LogP contribution is 2.24. The van der Waals surface area contributed by atoms with Gasteiger partial charge in [-0.2, -0.15) is 5.10 Å². The zero-order valence-corrected chi connectivity index (χ0v) is 19.6. The molecular formula is C25H23ClN4O2S. The number of nitrogens with one attached hydrogen (secondary N) is 1. The van der Waals surface area contributed by atoms with Gasteiger partial charge < -0.3 is 10.2 Å². The molecule has 0 unspecified atom stereocenters. The number of hydrogen-bond acceptors (Lipinski definition) is 4. The van der Waals surface area contributed by atoms with Crippen LogP contribution in [-0.2, 0) is 17.9 Å². The van der Waals surface area contributed by atoms with Crippen LogP contribution in [0.1, 0.15) is 20.8 Å². The molecule has 33 heavy (non-hydrogen) atoms. The molecule has 2 heterocycles. The van der Waals surface area contributed by atoms with Gasteiger partial charge in [0.25, 0.3) is 5.91 Å². The maximum absolute atomic E-state index is 12.7. The van der Waals surface area contributed by atoms with E-state index in [1.165, 1.54) is 11.3 Å². The van der Waals surface area contributed by atoms with Gasteiger partial charge in [-0.25, -0.2) is 0 Å². The van der Waals surface area contributed by atoms with Crippen LogP contribution in [-0.4, -0.2) is 40.1 Å². The molecule has 0 fully saturated rings. The molecular weight excluding hydrogens is 456 g/mol. The molecule has 2 aromatic carbocycles. The Kier molecular flexibility index (Phi) is 7.22. The molecule has 0 radical (unpaired) electrons. The Balaban J connectivity index is 1.50. The Bertz CT molecular complexity index is 1240. The first kappa shape index (κ1) is 22.8. The van der Waals surface area contributed by atoms with Gasteiger partial charge in [0.15, 0.2) is 0 Å². The van der Waals surface area contributed by atoms with E-state index in [1.54, 1.807) is 24.1 Å². The quantitative estimate of drug-likeness (QED) is 0.399. The van der Waals surface area contributed by atoms with E-state index in [9.17, 15) is 9.59 Å². The minimum absolute atomic E-state index is 0.0678. The smallest absolute Gasteiger partial charge is 0.261 e. The van der Waals surface area contributed by atoms with E-state index in [-0.39, 0.29) is 18.4 Å². The first-order valence-corrected chi connectivity index (χ1v) is 11.7. The molecule has 4 aromatic rings. The Morgan fingerprint density at radius 1 is 1.03 bits per heavy atom. The van der Waals surface area contributed by atoms with Gasteiger partial charge in [-0.15, -0.1) is 11.3 Å². The van der Waals surface area contributed by atoms with Crippen LogP contribution in [0, 0.1) is 0 Å². The summed E-state index contributed by atoms with van der Waals surface area (Å²) in [6.07, 6.45) is 1.94. The van der Waals surface area contributed by atoms with Gasteiger partial charge in [0.2, 0.25) is 5.91 Å². The molecule has 168 valence electrons. The van der Waals surface area contributed by atoms with E-state index >= 15 is 0 Å². The summed E-state index contributed by atoms with van der Waals surface area (Å²) in [6, 6.07) is 21.1. The van der Waals surface area contributed by atoms with Crippen molar-refractivity contribution in [3.05, 3.63) is 99.3 Å². The molecule has 0 aliphatic carbocycles. The van der Waals surface area contributed by atoms with E-state index in [2.05, 4.69) is 5.32 Å². The van der Waals surface area contributed by atoms with Gasteiger partial charge in [-0.3, -0.25) is 14.3 Å². The van der Waals surface area contributed by atoms with Crippen LogP contribution < -0.4 is 5.32 Å². The van der Waals surface area contributed by atoms with Crippen molar-refractivity contribution < 1.29 is 9.59 Å². The van der Waals surface area contributed by atoms with Crippen LogP contribution in [0.3, 0.4) is 0 Å². The summed E-state index contributed by atoms with van der Waals surface area (Å²) >= 11 is 7.67. The van der Waals surface area contributed by atoms with Gasteiger partial charge in [0.05, 0.1) is 23.7 Å². The second-order valence-electron chi connectivity index (χ2n) is 7.57. The molecule has 1 N–H and O–H groups in total. The number of aromatic nitrogens is 2. The number of benzene rings is 2. The van der Waals surface area contributed by atoms with E-state index in [4.69, 9.17) is 16.7 Å². The number of halogens is 1. The molecule has 8 heteroatoms. The number of hydrogen-bond donors (Lipinski definition) is 1. The zero-order chi connectivity index (χ0) is 23.2. The molecule has 0 atom stereocenters. The fraction of sp³-hybridized carbons (Fsp3) is 0.160. The maximum atomic E-state index is 12.7. The lowest BCUT2D eigenvalue weighted by Crippen LogP contribution is -2.37. The monoisotopic (exact) mass is 478 g/mol. The minimum Gasteiger partial charge on any atom is -0.342 e. The molecule has 0 bridgehead atoms. The highest BCUT2D eigenvalue weighted by molar-refractivity contribution is 7.12. The van der Waals surface area contributed by atoms with E-state index in [1.807, 2.05) is 70.9 Å². The fourth-order valence-electron chi connectivity index (χ4n) is 3.43. The van der Waals surface area contributed by atoms with Crippen LogP contribution in [0.5, 0.6) is 0 Å². The molecule has 6 nitrogen and oxygen atoms in total. The van der Waals surface area contributed by atoms with Crippen molar-refractivity contribution >= 4 is 34.8 Å². The number of thiophene rings is 1. The van der Waals surface area contributed by atoms with E-state index in [0.29, 0.717) is 23.0 Å². The molecule has 0 spiro atoms. The third-order valence-corrected chi connectivity index (χ3v) is 6.39. The summed E-state index contributed by atoms with van der Waals surface area (Å²) in [4.78, 5) is 27.0. The molecule has 0 saturated heterocycles. The van der Waals surface area contributed by atoms with Crippen LogP contribution in [0.25, 0.3) is 11.3 Å². The topological polar surface area (TPSA) is 67.2 Å². The lowest BCUT2D eigenvalue weighted by Gasteiger charge is -2.17. The van der Waals surface area contributed by atoms with Crippen molar-refractivity contribution in [2.45, 2.75) is 13.1 Å². The Labute approximate surface area is 201 Å². The summed E-state index contributed by atoms with van der Waals surface area (Å²) in [5.74, 6) is -0.429. The molecule has 2 aromatic heterocycles. The van der Waals surface area contributed by atoms with Gasteiger partial charge in [0.1, 0.15) is 0 Å².